The van der Waals surface area contributed by atoms with Gasteiger partial charge in [-0.1, -0.05) is 45.9 Å². The molecule has 1 aliphatic rings. The molecule has 5 nitrogen and oxygen atoms in total. The lowest BCUT2D eigenvalue weighted by Crippen LogP contribution is -2.33. The summed E-state index contributed by atoms with van der Waals surface area (Å²) in [4.78, 5) is 11.5. The summed E-state index contributed by atoms with van der Waals surface area (Å²) in [6.07, 6.45) is 2.28. The summed E-state index contributed by atoms with van der Waals surface area (Å²) in [5.74, 6) is -0.363. The molecule has 0 heterocycles. The van der Waals surface area contributed by atoms with E-state index in [1.807, 2.05) is 18.2 Å². The van der Waals surface area contributed by atoms with E-state index in [0.29, 0.717) is 11.3 Å². The molecule has 29 heavy (non-hydrogen) atoms. The van der Waals surface area contributed by atoms with Gasteiger partial charge in [-0.15, -0.1) is 0 Å². The van der Waals surface area contributed by atoms with Crippen LogP contribution in [0.4, 0.5) is 5.69 Å². The van der Waals surface area contributed by atoms with Crippen molar-refractivity contribution in [2.24, 2.45) is 0 Å². The highest BCUT2D eigenvalue weighted by molar-refractivity contribution is 7.92. The molecule has 0 aliphatic heterocycles. The molecule has 0 fully saturated rings. The Hall–Kier alpha value is -2.34. The summed E-state index contributed by atoms with van der Waals surface area (Å²) in [5, 5.41) is 0. The lowest BCUT2D eigenvalue weighted by Gasteiger charge is -2.42. The monoisotopic (exact) mass is 415 g/mol. The maximum absolute atomic E-state index is 12.8. The highest BCUT2D eigenvalue weighted by atomic mass is 32.2. The van der Waals surface area contributed by atoms with Crippen LogP contribution in [0.2, 0.25) is 0 Å². The molecule has 1 N–H and O–H groups in total. The van der Waals surface area contributed by atoms with Crippen molar-refractivity contribution in [2.45, 2.75) is 62.7 Å². The average molecular weight is 416 g/mol. The summed E-state index contributed by atoms with van der Waals surface area (Å²) < 4.78 is 33.0. The molecule has 0 atom stereocenters. The second-order valence-corrected chi connectivity index (χ2v) is 10.7. The molecule has 0 saturated carbocycles. The zero-order valence-corrected chi connectivity index (χ0v) is 18.5. The molecule has 0 saturated heterocycles. The summed E-state index contributed by atoms with van der Waals surface area (Å²) in [6.45, 7) is 8.89. The second-order valence-electron chi connectivity index (χ2n) is 9.03. The third-order valence-electron chi connectivity index (χ3n) is 5.91. The van der Waals surface area contributed by atoms with Crippen LogP contribution in [0.5, 0.6) is 0 Å². The van der Waals surface area contributed by atoms with Gasteiger partial charge in [-0.05, 0) is 64.6 Å². The summed E-state index contributed by atoms with van der Waals surface area (Å²) >= 11 is 0. The first kappa shape index (κ1) is 21.4. The first-order valence-electron chi connectivity index (χ1n) is 9.78. The van der Waals surface area contributed by atoms with Crippen molar-refractivity contribution in [3.8, 4) is 0 Å². The zero-order valence-electron chi connectivity index (χ0n) is 17.7. The van der Waals surface area contributed by atoms with Crippen molar-refractivity contribution in [1.82, 2.24) is 0 Å². The van der Waals surface area contributed by atoms with Gasteiger partial charge in [0, 0.05) is 5.69 Å². The molecule has 2 aromatic carbocycles. The molecule has 156 valence electrons. The molecule has 0 unspecified atom stereocenters. The number of sulfonamides is 1. The van der Waals surface area contributed by atoms with Gasteiger partial charge < -0.3 is 4.74 Å². The fourth-order valence-electron chi connectivity index (χ4n) is 3.89. The molecule has 0 amide bonds. The van der Waals surface area contributed by atoms with E-state index in [9.17, 15) is 13.2 Å². The number of hydrogen-bond acceptors (Lipinski definition) is 4. The number of carbonyl (C=O) groups is 1. The van der Waals surface area contributed by atoms with Crippen molar-refractivity contribution >= 4 is 21.7 Å². The van der Waals surface area contributed by atoms with Crippen LogP contribution < -0.4 is 4.72 Å². The Kier molecular flexibility index (Phi) is 5.52. The minimum absolute atomic E-state index is 0.00183. The van der Waals surface area contributed by atoms with Crippen LogP contribution in [0.3, 0.4) is 0 Å². The van der Waals surface area contributed by atoms with Gasteiger partial charge in [0.25, 0.3) is 10.0 Å². The van der Waals surface area contributed by atoms with Gasteiger partial charge in [-0.3, -0.25) is 9.52 Å². The Balaban J connectivity index is 1.87. The van der Waals surface area contributed by atoms with E-state index in [2.05, 4.69) is 37.2 Å². The number of benzene rings is 2. The molecule has 0 radical (unpaired) electrons. The van der Waals surface area contributed by atoms with Crippen LogP contribution >= 0.6 is 0 Å². The number of anilines is 1. The first-order chi connectivity index (χ1) is 13.4. The summed E-state index contributed by atoms with van der Waals surface area (Å²) in [6, 6.07) is 12.1. The van der Waals surface area contributed by atoms with Gasteiger partial charge in [0.15, 0.2) is 0 Å². The molecule has 0 bridgehead atoms. The summed E-state index contributed by atoms with van der Waals surface area (Å²) in [5.41, 5.74) is 3.83. The Bertz CT molecular complexity index is 1020. The van der Waals surface area contributed by atoms with Crippen molar-refractivity contribution in [3.05, 3.63) is 59.2 Å². The van der Waals surface area contributed by atoms with Crippen molar-refractivity contribution in [3.63, 3.8) is 0 Å². The largest absolute Gasteiger partial charge is 0.469 e. The van der Waals surface area contributed by atoms with Crippen LogP contribution in [0, 0.1) is 0 Å². The minimum atomic E-state index is -3.72. The van der Waals surface area contributed by atoms with Crippen molar-refractivity contribution < 1.29 is 17.9 Å². The third kappa shape index (κ3) is 4.47. The second kappa shape index (κ2) is 7.48. The van der Waals surface area contributed by atoms with E-state index in [4.69, 9.17) is 0 Å². The van der Waals surface area contributed by atoms with Gasteiger partial charge in [0.1, 0.15) is 0 Å². The number of carbonyl (C=O) groups excluding carboxylic acids is 1. The standard InChI is InChI=1S/C23H29NO4S/c1-22(2)12-13-23(3,4)20-15-17(8-11-19(20)22)24-29(26,27)18-9-6-16(7-10-18)14-21(25)28-5/h6-11,15,24H,12-14H2,1-5H3. The molecule has 2 aromatic rings. The highest BCUT2D eigenvalue weighted by Gasteiger charge is 2.37. The first-order valence-corrected chi connectivity index (χ1v) is 11.3. The minimum Gasteiger partial charge on any atom is -0.469 e. The van der Waals surface area contributed by atoms with E-state index < -0.39 is 10.0 Å². The number of ether oxygens (including phenoxy) is 1. The Morgan fingerprint density at radius 3 is 2.14 bits per heavy atom. The lowest BCUT2D eigenvalue weighted by molar-refractivity contribution is -0.139. The van der Waals surface area contributed by atoms with E-state index in [-0.39, 0.29) is 28.1 Å². The zero-order chi connectivity index (χ0) is 21.4. The van der Waals surface area contributed by atoms with Gasteiger partial charge >= 0.3 is 5.97 Å². The smallest absolute Gasteiger partial charge is 0.309 e. The fourth-order valence-corrected chi connectivity index (χ4v) is 4.94. The molecule has 0 aromatic heterocycles. The number of fused-ring (bicyclic) bond motifs is 1. The van der Waals surface area contributed by atoms with E-state index in [0.717, 1.165) is 12.8 Å². The van der Waals surface area contributed by atoms with E-state index in [1.165, 1.54) is 30.4 Å². The number of methoxy groups -OCH3 is 1. The number of nitrogens with one attached hydrogen (secondary N) is 1. The predicted octanol–water partition coefficient (Wildman–Crippen LogP) is 4.55. The number of esters is 1. The maximum atomic E-state index is 12.8. The lowest BCUT2D eigenvalue weighted by atomic mass is 9.63. The van der Waals surface area contributed by atoms with Crippen molar-refractivity contribution in [1.29, 1.82) is 0 Å². The van der Waals surface area contributed by atoms with Crippen molar-refractivity contribution in [2.75, 3.05) is 11.8 Å². The van der Waals surface area contributed by atoms with Gasteiger partial charge in [0.2, 0.25) is 0 Å². The van der Waals surface area contributed by atoms with E-state index >= 15 is 0 Å². The van der Waals surface area contributed by atoms with Gasteiger partial charge in [0.05, 0.1) is 18.4 Å². The van der Waals surface area contributed by atoms with Crippen LogP contribution in [-0.2, 0) is 36.8 Å². The Morgan fingerprint density at radius 1 is 0.966 bits per heavy atom. The molecule has 1 aliphatic carbocycles. The van der Waals surface area contributed by atoms with Gasteiger partial charge in [-0.2, -0.15) is 0 Å². The molecule has 3 rings (SSSR count). The van der Waals surface area contributed by atoms with Crippen LogP contribution in [-0.4, -0.2) is 21.5 Å². The molecular formula is C23H29NO4S. The number of rotatable bonds is 5. The summed E-state index contributed by atoms with van der Waals surface area (Å²) in [7, 11) is -2.40. The Labute approximate surface area is 173 Å². The molecule has 6 heteroatoms. The fraction of sp³-hybridized carbons (Fsp3) is 0.435. The van der Waals surface area contributed by atoms with Gasteiger partial charge in [-0.25, -0.2) is 8.42 Å². The topological polar surface area (TPSA) is 72.5 Å². The Morgan fingerprint density at radius 2 is 1.55 bits per heavy atom. The normalized spacial score (nSPS) is 17.3. The van der Waals surface area contributed by atoms with Crippen LogP contribution in [0.25, 0.3) is 0 Å². The molecular weight excluding hydrogens is 386 g/mol. The SMILES string of the molecule is COC(=O)Cc1ccc(S(=O)(=O)Nc2ccc3c(c2)C(C)(C)CCC3(C)C)cc1. The highest BCUT2D eigenvalue weighted by Crippen LogP contribution is 2.46. The molecule has 0 spiro atoms. The number of hydrogen-bond donors (Lipinski definition) is 1. The van der Waals surface area contributed by atoms with Crippen LogP contribution in [0.1, 0.15) is 57.2 Å². The predicted molar refractivity (Wildman–Crippen MR) is 115 cm³/mol. The average Bonchev–Trinajstić information content (AvgIpc) is 2.65. The third-order valence-corrected chi connectivity index (χ3v) is 7.31. The quantitative estimate of drug-likeness (QED) is 0.727. The van der Waals surface area contributed by atoms with E-state index in [1.54, 1.807) is 12.1 Å². The van der Waals surface area contributed by atoms with Crippen LogP contribution in [0.15, 0.2) is 47.4 Å². The maximum Gasteiger partial charge on any atom is 0.309 e.